The van der Waals surface area contributed by atoms with Crippen molar-refractivity contribution in [2.24, 2.45) is 0 Å². The standard InChI is InChI=1S/C19H19FN2O4/c1-23-8-9-25-17-11-12-10-13(24-2)6-7-16(12)22-19(17)26-18-14(20)4-3-5-15(18)21/h3-7,10-11H,8-9,21H2,1-2H3. The molecule has 0 saturated heterocycles. The number of rotatable bonds is 7. The number of benzene rings is 2. The molecule has 2 N–H and O–H groups in total. The number of nitrogen functional groups attached to an aromatic ring is 1. The lowest BCUT2D eigenvalue weighted by atomic mass is 10.2. The minimum atomic E-state index is -0.579. The summed E-state index contributed by atoms with van der Waals surface area (Å²) >= 11 is 0. The quantitative estimate of drug-likeness (QED) is 0.512. The summed E-state index contributed by atoms with van der Waals surface area (Å²) in [5.74, 6) is 0.490. The first-order chi connectivity index (χ1) is 12.6. The molecule has 0 unspecified atom stereocenters. The van der Waals surface area contributed by atoms with Crippen LogP contribution in [-0.4, -0.2) is 32.4 Å². The van der Waals surface area contributed by atoms with Crippen molar-refractivity contribution in [2.75, 3.05) is 33.2 Å². The number of halogens is 1. The second kappa shape index (κ2) is 7.88. The third-order valence-electron chi connectivity index (χ3n) is 3.70. The van der Waals surface area contributed by atoms with Crippen molar-refractivity contribution in [2.45, 2.75) is 0 Å². The van der Waals surface area contributed by atoms with Gasteiger partial charge in [0.1, 0.15) is 12.4 Å². The van der Waals surface area contributed by atoms with Gasteiger partial charge in [-0.3, -0.25) is 0 Å². The number of anilines is 1. The van der Waals surface area contributed by atoms with Gasteiger partial charge in [0.25, 0.3) is 5.88 Å². The minimum absolute atomic E-state index is 0.0931. The molecule has 1 aromatic heterocycles. The lowest BCUT2D eigenvalue weighted by molar-refractivity contribution is 0.144. The number of aromatic nitrogens is 1. The molecule has 0 saturated carbocycles. The van der Waals surface area contributed by atoms with Gasteiger partial charge in [0.2, 0.25) is 0 Å². The third kappa shape index (κ3) is 3.78. The molecule has 26 heavy (non-hydrogen) atoms. The van der Waals surface area contributed by atoms with Gasteiger partial charge >= 0.3 is 0 Å². The number of nitrogens with two attached hydrogens (primary N) is 1. The zero-order valence-electron chi connectivity index (χ0n) is 14.5. The van der Waals surface area contributed by atoms with Crippen molar-refractivity contribution in [3.63, 3.8) is 0 Å². The van der Waals surface area contributed by atoms with Crippen LogP contribution in [0.15, 0.2) is 42.5 Å². The predicted octanol–water partition coefficient (Wildman–Crippen LogP) is 3.78. The Morgan fingerprint density at radius 1 is 1.08 bits per heavy atom. The fourth-order valence-electron chi connectivity index (χ4n) is 2.39. The van der Waals surface area contributed by atoms with Crippen molar-refractivity contribution >= 4 is 16.6 Å². The summed E-state index contributed by atoms with van der Waals surface area (Å²) in [6, 6.07) is 11.5. The smallest absolute Gasteiger partial charge is 0.263 e. The minimum Gasteiger partial charge on any atom is -0.497 e. The Balaban J connectivity index is 2.04. The van der Waals surface area contributed by atoms with E-state index in [1.807, 2.05) is 6.07 Å². The van der Waals surface area contributed by atoms with Crippen LogP contribution in [0.2, 0.25) is 0 Å². The van der Waals surface area contributed by atoms with Crippen LogP contribution < -0.4 is 19.9 Å². The van der Waals surface area contributed by atoms with Crippen LogP contribution in [0.25, 0.3) is 10.9 Å². The molecule has 6 nitrogen and oxygen atoms in total. The number of fused-ring (bicyclic) bond motifs is 1. The van der Waals surface area contributed by atoms with Crippen molar-refractivity contribution < 1.29 is 23.3 Å². The van der Waals surface area contributed by atoms with Crippen molar-refractivity contribution in [1.29, 1.82) is 0 Å². The Kier molecular flexibility index (Phi) is 5.38. The van der Waals surface area contributed by atoms with E-state index in [0.717, 1.165) is 5.39 Å². The lowest BCUT2D eigenvalue weighted by Gasteiger charge is -2.14. The van der Waals surface area contributed by atoms with Crippen LogP contribution in [0, 0.1) is 5.82 Å². The van der Waals surface area contributed by atoms with Gasteiger partial charge in [0.15, 0.2) is 17.3 Å². The van der Waals surface area contributed by atoms with E-state index < -0.39 is 5.82 Å². The summed E-state index contributed by atoms with van der Waals surface area (Å²) in [5, 5.41) is 0.797. The number of pyridine rings is 1. The van der Waals surface area contributed by atoms with Crippen LogP contribution >= 0.6 is 0 Å². The van der Waals surface area contributed by atoms with Gasteiger partial charge in [0.05, 0.1) is 24.9 Å². The van der Waals surface area contributed by atoms with E-state index in [1.165, 1.54) is 12.1 Å². The summed E-state index contributed by atoms with van der Waals surface area (Å²) in [6.07, 6.45) is 0. The van der Waals surface area contributed by atoms with Crippen LogP contribution in [-0.2, 0) is 4.74 Å². The molecule has 7 heteroatoms. The largest absolute Gasteiger partial charge is 0.497 e. The van der Waals surface area contributed by atoms with Gasteiger partial charge in [-0.05, 0) is 36.4 Å². The van der Waals surface area contributed by atoms with Crippen LogP contribution in [0.4, 0.5) is 10.1 Å². The number of methoxy groups -OCH3 is 2. The van der Waals surface area contributed by atoms with Crippen molar-refractivity contribution in [3.8, 4) is 23.1 Å². The molecule has 0 aliphatic rings. The zero-order chi connectivity index (χ0) is 18.5. The predicted molar refractivity (Wildman–Crippen MR) is 96.6 cm³/mol. The van der Waals surface area contributed by atoms with E-state index in [2.05, 4.69) is 4.98 Å². The second-order valence-corrected chi connectivity index (χ2v) is 5.45. The average molecular weight is 358 g/mol. The SMILES string of the molecule is COCCOc1cc2cc(OC)ccc2nc1Oc1c(N)cccc1F. The van der Waals surface area contributed by atoms with E-state index in [9.17, 15) is 4.39 Å². The molecule has 0 aliphatic carbocycles. The average Bonchev–Trinajstić information content (AvgIpc) is 2.64. The van der Waals surface area contributed by atoms with Gasteiger partial charge in [0, 0.05) is 12.5 Å². The topological polar surface area (TPSA) is 75.8 Å². The molecule has 1 heterocycles. The highest BCUT2D eigenvalue weighted by molar-refractivity contribution is 5.82. The molecule has 0 amide bonds. The molecule has 2 aromatic carbocycles. The summed E-state index contributed by atoms with van der Waals surface area (Å²) in [4.78, 5) is 4.44. The molecule has 0 fully saturated rings. The highest BCUT2D eigenvalue weighted by Gasteiger charge is 2.16. The number of hydrogen-bond donors (Lipinski definition) is 1. The molecule has 3 rings (SSSR count). The monoisotopic (exact) mass is 358 g/mol. The molecule has 0 aliphatic heterocycles. The molecule has 136 valence electrons. The second-order valence-electron chi connectivity index (χ2n) is 5.45. The molecule has 0 atom stereocenters. The summed E-state index contributed by atoms with van der Waals surface area (Å²) in [5.41, 5.74) is 6.64. The summed E-state index contributed by atoms with van der Waals surface area (Å²) < 4.78 is 35.7. The Morgan fingerprint density at radius 3 is 2.65 bits per heavy atom. The Hall–Kier alpha value is -3.06. The molecular formula is C19H19FN2O4. The molecule has 3 aromatic rings. The third-order valence-corrected chi connectivity index (χ3v) is 3.70. The Bertz CT molecular complexity index is 897. The number of para-hydroxylation sites is 1. The first-order valence-corrected chi connectivity index (χ1v) is 7.94. The van der Waals surface area contributed by atoms with E-state index in [4.69, 9.17) is 24.7 Å². The fourth-order valence-corrected chi connectivity index (χ4v) is 2.39. The van der Waals surface area contributed by atoms with E-state index in [0.29, 0.717) is 23.6 Å². The maximum Gasteiger partial charge on any atom is 0.263 e. The first-order valence-electron chi connectivity index (χ1n) is 7.94. The van der Waals surface area contributed by atoms with Crippen LogP contribution in [0.3, 0.4) is 0 Å². The molecule has 0 spiro atoms. The molecule has 0 bridgehead atoms. The Labute approximate surface area is 150 Å². The Morgan fingerprint density at radius 2 is 1.92 bits per heavy atom. The van der Waals surface area contributed by atoms with Gasteiger partial charge < -0.3 is 24.7 Å². The fraction of sp³-hybridized carbons (Fsp3) is 0.211. The highest BCUT2D eigenvalue weighted by Crippen LogP contribution is 2.37. The maximum absolute atomic E-state index is 14.1. The van der Waals surface area contributed by atoms with Crippen LogP contribution in [0.1, 0.15) is 0 Å². The first kappa shape index (κ1) is 17.8. The van der Waals surface area contributed by atoms with Crippen molar-refractivity contribution in [1.82, 2.24) is 4.98 Å². The van der Waals surface area contributed by atoms with Gasteiger partial charge in [-0.15, -0.1) is 0 Å². The lowest BCUT2D eigenvalue weighted by Crippen LogP contribution is -2.06. The van der Waals surface area contributed by atoms with Crippen molar-refractivity contribution in [3.05, 3.63) is 48.3 Å². The summed E-state index contributed by atoms with van der Waals surface area (Å²) in [7, 11) is 3.16. The maximum atomic E-state index is 14.1. The molecular weight excluding hydrogens is 339 g/mol. The number of ether oxygens (including phenoxy) is 4. The van der Waals surface area contributed by atoms with Gasteiger partial charge in [-0.2, -0.15) is 0 Å². The molecule has 0 radical (unpaired) electrons. The van der Waals surface area contributed by atoms with E-state index >= 15 is 0 Å². The van der Waals surface area contributed by atoms with E-state index in [1.54, 1.807) is 38.5 Å². The van der Waals surface area contributed by atoms with Crippen LogP contribution in [0.5, 0.6) is 23.1 Å². The number of hydrogen-bond acceptors (Lipinski definition) is 6. The van der Waals surface area contributed by atoms with Gasteiger partial charge in [-0.25, -0.2) is 9.37 Å². The van der Waals surface area contributed by atoms with Gasteiger partial charge in [-0.1, -0.05) is 6.07 Å². The zero-order valence-corrected chi connectivity index (χ0v) is 14.5. The number of nitrogens with zero attached hydrogens (tertiary/aromatic N) is 1. The van der Waals surface area contributed by atoms with E-state index in [-0.39, 0.29) is 23.9 Å². The normalized spacial score (nSPS) is 10.7. The highest BCUT2D eigenvalue weighted by atomic mass is 19.1. The summed E-state index contributed by atoms with van der Waals surface area (Å²) in [6.45, 7) is 0.675.